The second kappa shape index (κ2) is 8.34. The summed E-state index contributed by atoms with van der Waals surface area (Å²) >= 11 is 0. The molecule has 1 aromatic rings. The summed E-state index contributed by atoms with van der Waals surface area (Å²) in [4.78, 5) is 2.68. The molecule has 19 heavy (non-hydrogen) atoms. The topological polar surface area (TPSA) is 29.3 Å². The maximum absolute atomic E-state index is 5.64. The number of benzene rings is 1. The molecule has 0 bridgehead atoms. The Hall–Kier alpha value is -0.860. The van der Waals surface area contributed by atoms with Gasteiger partial charge >= 0.3 is 0 Å². The Labute approximate surface area is 118 Å². The molecular weight excluding hydrogens is 232 g/mol. The minimum Gasteiger partial charge on any atom is -0.330 e. The van der Waals surface area contributed by atoms with Gasteiger partial charge in [0, 0.05) is 6.04 Å². The van der Waals surface area contributed by atoms with Crippen LogP contribution in [-0.4, -0.2) is 30.6 Å². The smallest absolute Gasteiger partial charge is 0.00952 e. The van der Waals surface area contributed by atoms with Crippen molar-refractivity contribution in [2.45, 2.75) is 51.0 Å². The summed E-state index contributed by atoms with van der Waals surface area (Å²) in [7, 11) is 0. The number of hydrogen-bond donors (Lipinski definition) is 1. The largest absolute Gasteiger partial charge is 0.330 e. The molecule has 0 aromatic heterocycles. The van der Waals surface area contributed by atoms with E-state index in [1.54, 1.807) is 0 Å². The predicted octanol–water partition coefficient (Wildman–Crippen LogP) is 3.21. The number of aryl methyl sites for hydroxylation is 1. The lowest BCUT2D eigenvalue weighted by molar-refractivity contribution is 0.124. The molecular formula is C17H28N2. The van der Waals surface area contributed by atoms with E-state index in [1.165, 1.54) is 57.2 Å². The molecule has 2 rings (SSSR count). The summed E-state index contributed by atoms with van der Waals surface area (Å²) in [6.07, 6.45) is 9.22. The fourth-order valence-corrected chi connectivity index (χ4v) is 2.81. The van der Waals surface area contributed by atoms with E-state index in [0.29, 0.717) is 0 Å². The lowest BCUT2D eigenvalue weighted by Crippen LogP contribution is -2.41. The van der Waals surface area contributed by atoms with Gasteiger partial charge in [0.2, 0.25) is 0 Å². The molecule has 1 aromatic carbocycles. The minimum atomic E-state index is 0.827. The third-order valence-corrected chi connectivity index (χ3v) is 4.24. The summed E-state index contributed by atoms with van der Waals surface area (Å²) in [5, 5.41) is 0. The van der Waals surface area contributed by atoms with Crippen molar-refractivity contribution < 1.29 is 0 Å². The molecule has 1 aliphatic carbocycles. The van der Waals surface area contributed by atoms with Crippen molar-refractivity contribution in [2.75, 3.05) is 19.6 Å². The van der Waals surface area contributed by atoms with Crippen LogP contribution in [0.15, 0.2) is 30.3 Å². The summed E-state index contributed by atoms with van der Waals surface area (Å²) in [6, 6.07) is 11.7. The van der Waals surface area contributed by atoms with Gasteiger partial charge in [0.1, 0.15) is 0 Å². The van der Waals surface area contributed by atoms with Crippen molar-refractivity contribution in [1.82, 2.24) is 4.90 Å². The Morgan fingerprint density at radius 1 is 1.00 bits per heavy atom. The van der Waals surface area contributed by atoms with E-state index in [2.05, 4.69) is 35.2 Å². The molecule has 0 heterocycles. The van der Waals surface area contributed by atoms with Crippen LogP contribution >= 0.6 is 0 Å². The van der Waals surface area contributed by atoms with E-state index < -0.39 is 0 Å². The number of rotatable bonds is 9. The third kappa shape index (κ3) is 4.96. The highest BCUT2D eigenvalue weighted by Gasteiger charge is 2.23. The Bertz CT molecular complexity index is 332. The molecule has 2 N–H and O–H groups in total. The average Bonchev–Trinajstić information content (AvgIpc) is 2.39. The third-order valence-electron chi connectivity index (χ3n) is 4.24. The SMILES string of the molecule is NCCCN(CCCCc1ccccc1)C1CCC1. The standard InChI is InChI=1S/C17H28N2/c18-13-7-15-19(17-11-6-12-17)14-5-4-10-16-8-2-1-3-9-16/h1-3,8-9,17H,4-7,10-15,18H2. The Balaban J connectivity index is 1.64. The predicted molar refractivity (Wildman–Crippen MR) is 82.3 cm³/mol. The van der Waals surface area contributed by atoms with Crippen molar-refractivity contribution in [3.05, 3.63) is 35.9 Å². The van der Waals surface area contributed by atoms with Gasteiger partial charge in [-0.25, -0.2) is 0 Å². The van der Waals surface area contributed by atoms with E-state index in [1.807, 2.05) is 0 Å². The molecule has 0 radical (unpaired) electrons. The van der Waals surface area contributed by atoms with E-state index in [4.69, 9.17) is 5.73 Å². The zero-order valence-corrected chi connectivity index (χ0v) is 12.1. The molecule has 0 atom stereocenters. The fraction of sp³-hybridized carbons (Fsp3) is 0.647. The van der Waals surface area contributed by atoms with Gasteiger partial charge in [-0.3, -0.25) is 0 Å². The minimum absolute atomic E-state index is 0.827. The second-order valence-corrected chi connectivity index (χ2v) is 5.71. The Morgan fingerprint density at radius 2 is 1.74 bits per heavy atom. The first-order valence-electron chi connectivity index (χ1n) is 7.88. The monoisotopic (exact) mass is 260 g/mol. The molecule has 1 fully saturated rings. The zero-order valence-electron chi connectivity index (χ0n) is 12.1. The van der Waals surface area contributed by atoms with Crippen LogP contribution in [0.5, 0.6) is 0 Å². The van der Waals surface area contributed by atoms with Gasteiger partial charge in [-0.2, -0.15) is 0 Å². The molecule has 0 aliphatic heterocycles. The number of nitrogens with zero attached hydrogens (tertiary/aromatic N) is 1. The summed E-state index contributed by atoms with van der Waals surface area (Å²) in [5.74, 6) is 0. The first-order valence-corrected chi connectivity index (χ1v) is 7.88. The molecule has 1 aliphatic rings. The van der Waals surface area contributed by atoms with Crippen LogP contribution in [0.4, 0.5) is 0 Å². The van der Waals surface area contributed by atoms with Crippen LogP contribution in [-0.2, 0) is 6.42 Å². The van der Waals surface area contributed by atoms with E-state index in [0.717, 1.165) is 19.0 Å². The maximum Gasteiger partial charge on any atom is 0.00952 e. The lowest BCUT2D eigenvalue weighted by Gasteiger charge is -2.37. The van der Waals surface area contributed by atoms with Crippen molar-refractivity contribution in [3.63, 3.8) is 0 Å². The zero-order chi connectivity index (χ0) is 13.3. The van der Waals surface area contributed by atoms with Crippen molar-refractivity contribution in [1.29, 1.82) is 0 Å². The van der Waals surface area contributed by atoms with Gasteiger partial charge in [0.05, 0.1) is 0 Å². The average molecular weight is 260 g/mol. The first kappa shape index (κ1) is 14.5. The molecule has 2 nitrogen and oxygen atoms in total. The van der Waals surface area contributed by atoms with E-state index in [9.17, 15) is 0 Å². The molecule has 0 saturated heterocycles. The van der Waals surface area contributed by atoms with Crippen LogP contribution in [0.25, 0.3) is 0 Å². The van der Waals surface area contributed by atoms with Crippen LogP contribution in [0.2, 0.25) is 0 Å². The van der Waals surface area contributed by atoms with Crippen LogP contribution in [0.1, 0.15) is 44.1 Å². The van der Waals surface area contributed by atoms with Crippen molar-refractivity contribution >= 4 is 0 Å². The van der Waals surface area contributed by atoms with Crippen LogP contribution in [0, 0.1) is 0 Å². The number of unbranched alkanes of at least 4 members (excludes halogenated alkanes) is 1. The highest BCUT2D eigenvalue weighted by atomic mass is 15.2. The van der Waals surface area contributed by atoms with Crippen LogP contribution in [0.3, 0.4) is 0 Å². The first-order chi connectivity index (χ1) is 9.40. The van der Waals surface area contributed by atoms with Crippen molar-refractivity contribution in [2.24, 2.45) is 5.73 Å². The summed E-state index contributed by atoms with van der Waals surface area (Å²) in [5.41, 5.74) is 7.11. The van der Waals surface area contributed by atoms with Gasteiger partial charge in [0.25, 0.3) is 0 Å². The highest BCUT2D eigenvalue weighted by molar-refractivity contribution is 5.14. The maximum atomic E-state index is 5.64. The molecule has 0 spiro atoms. The normalized spacial score (nSPS) is 15.7. The molecule has 2 heteroatoms. The molecule has 0 amide bonds. The van der Waals surface area contributed by atoms with E-state index in [-0.39, 0.29) is 0 Å². The number of nitrogens with two attached hydrogens (primary N) is 1. The quantitative estimate of drug-likeness (QED) is 0.691. The summed E-state index contributed by atoms with van der Waals surface area (Å²) < 4.78 is 0. The van der Waals surface area contributed by atoms with Crippen LogP contribution < -0.4 is 5.73 Å². The van der Waals surface area contributed by atoms with Gasteiger partial charge in [0.15, 0.2) is 0 Å². The molecule has 0 unspecified atom stereocenters. The lowest BCUT2D eigenvalue weighted by atomic mass is 9.91. The second-order valence-electron chi connectivity index (χ2n) is 5.71. The Morgan fingerprint density at radius 3 is 2.37 bits per heavy atom. The summed E-state index contributed by atoms with van der Waals surface area (Å²) in [6.45, 7) is 3.29. The Kier molecular flexibility index (Phi) is 6.38. The van der Waals surface area contributed by atoms with E-state index >= 15 is 0 Å². The number of hydrogen-bond acceptors (Lipinski definition) is 2. The fourth-order valence-electron chi connectivity index (χ4n) is 2.81. The van der Waals surface area contributed by atoms with Gasteiger partial charge in [-0.05, 0) is 63.7 Å². The van der Waals surface area contributed by atoms with Crippen molar-refractivity contribution in [3.8, 4) is 0 Å². The highest BCUT2D eigenvalue weighted by Crippen LogP contribution is 2.25. The molecule has 1 saturated carbocycles. The van der Waals surface area contributed by atoms with Gasteiger partial charge in [-0.1, -0.05) is 36.8 Å². The van der Waals surface area contributed by atoms with Gasteiger partial charge < -0.3 is 10.6 Å². The molecule has 106 valence electrons. The van der Waals surface area contributed by atoms with Gasteiger partial charge in [-0.15, -0.1) is 0 Å².